The van der Waals surface area contributed by atoms with Crippen molar-refractivity contribution in [3.05, 3.63) is 36.2 Å². The van der Waals surface area contributed by atoms with Crippen LogP contribution in [-0.4, -0.2) is 76.9 Å². The molecule has 8 N–H and O–H groups in total. The first kappa shape index (κ1) is 21.1. The number of aliphatic hydroxyl groups excluding tert-OH is 3. The van der Waals surface area contributed by atoms with Crippen molar-refractivity contribution < 1.29 is 30.0 Å². The van der Waals surface area contributed by atoms with Crippen molar-refractivity contribution in [2.75, 3.05) is 12.3 Å². The van der Waals surface area contributed by atoms with Gasteiger partial charge in [0.2, 0.25) is 0 Å². The Morgan fingerprint density at radius 3 is 2.52 bits per heavy atom. The lowest BCUT2D eigenvalue weighted by atomic mass is 10.0. The molecule has 3 aromatic rings. The predicted octanol–water partition coefficient (Wildman–Crippen LogP) is -1.36. The van der Waals surface area contributed by atoms with Crippen LogP contribution in [-0.2, 0) is 16.0 Å². The van der Waals surface area contributed by atoms with Gasteiger partial charge in [0.05, 0.1) is 6.61 Å². The fraction of sp³-hybridized carbons (Fsp3) is 0.368. The molecule has 1 aliphatic rings. The van der Waals surface area contributed by atoms with Crippen molar-refractivity contribution >= 4 is 23.0 Å². The molecule has 12 heteroatoms. The number of carboxylic acids is 1. The molecule has 0 spiro atoms. The Kier molecular flexibility index (Phi) is 5.56. The summed E-state index contributed by atoms with van der Waals surface area (Å²) in [4.78, 5) is 23.7. The Balaban J connectivity index is 1.79. The van der Waals surface area contributed by atoms with Crippen LogP contribution in [0.1, 0.15) is 11.8 Å². The Bertz CT molecular complexity index is 1100. The van der Waals surface area contributed by atoms with Gasteiger partial charge in [0.1, 0.15) is 36.5 Å². The molecule has 4 unspecified atom stereocenters. The van der Waals surface area contributed by atoms with E-state index in [9.17, 15) is 20.1 Å². The maximum absolute atomic E-state index is 11.0. The lowest BCUT2D eigenvalue weighted by molar-refractivity contribution is -0.138. The normalized spacial score (nSPS) is 24.5. The zero-order valence-electron chi connectivity index (χ0n) is 16.2. The summed E-state index contributed by atoms with van der Waals surface area (Å²) in [7, 11) is 0. The van der Waals surface area contributed by atoms with E-state index in [1.165, 1.54) is 10.9 Å². The first-order chi connectivity index (χ1) is 14.8. The lowest BCUT2D eigenvalue weighted by Gasteiger charge is -2.19. The Hall–Kier alpha value is -3.16. The number of nitrogens with zero attached hydrogens (tertiary/aromatic N) is 4. The smallest absolute Gasteiger partial charge is 0.320 e. The second-order valence-corrected chi connectivity index (χ2v) is 7.31. The van der Waals surface area contributed by atoms with E-state index < -0.39 is 43.2 Å². The van der Waals surface area contributed by atoms with Crippen LogP contribution in [0, 0.1) is 0 Å². The molecule has 0 amide bonds. The number of carbonyl (C=O) groups is 1. The summed E-state index contributed by atoms with van der Waals surface area (Å²) in [5.74, 6) is -0.629. The van der Waals surface area contributed by atoms with Gasteiger partial charge in [-0.15, -0.1) is 0 Å². The van der Waals surface area contributed by atoms with E-state index in [2.05, 4.69) is 15.0 Å². The van der Waals surface area contributed by atoms with Gasteiger partial charge in [-0.2, -0.15) is 0 Å². The number of ether oxygens (including phenoxy) is 1. The number of aliphatic hydroxyl groups is 3. The number of rotatable bonds is 6. The largest absolute Gasteiger partial charge is 0.480 e. The molecule has 2 aromatic heterocycles. The second-order valence-electron chi connectivity index (χ2n) is 7.31. The van der Waals surface area contributed by atoms with Crippen LogP contribution in [0.15, 0.2) is 30.6 Å². The summed E-state index contributed by atoms with van der Waals surface area (Å²) in [6.07, 6.45) is -3.32. The van der Waals surface area contributed by atoms with E-state index in [4.69, 9.17) is 21.3 Å². The first-order valence-corrected chi connectivity index (χ1v) is 9.50. The second kappa shape index (κ2) is 8.17. The number of benzene rings is 1. The third-order valence-corrected chi connectivity index (χ3v) is 5.26. The minimum Gasteiger partial charge on any atom is -0.480 e. The average Bonchev–Trinajstić information content (AvgIpc) is 3.27. The van der Waals surface area contributed by atoms with Crippen LogP contribution in [0.4, 0.5) is 5.82 Å². The van der Waals surface area contributed by atoms with Gasteiger partial charge in [0.25, 0.3) is 0 Å². The van der Waals surface area contributed by atoms with Gasteiger partial charge in [-0.05, 0) is 12.0 Å². The van der Waals surface area contributed by atoms with Crippen LogP contribution in [0.2, 0.25) is 0 Å². The van der Waals surface area contributed by atoms with Crippen molar-refractivity contribution in [1.82, 2.24) is 19.5 Å². The van der Waals surface area contributed by atoms with Crippen molar-refractivity contribution in [2.45, 2.75) is 37.0 Å². The highest BCUT2D eigenvalue weighted by atomic mass is 16.6. The SMILES string of the molecule is Nc1ncnc2c1nc(-c1ccc(C[C@H](N)C(=O)O)cc1)n2C1OC(CO)C(O)C1O. The summed E-state index contributed by atoms with van der Waals surface area (Å²) in [6.45, 7) is -0.480. The number of fused-ring (bicyclic) bond motifs is 1. The molecule has 4 rings (SSSR count). The molecule has 31 heavy (non-hydrogen) atoms. The molecule has 1 aliphatic heterocycles. The van der Waals surface area contributed by atoms with E-state index in [0.717, 1.165) is 0 Å². The van der Waals surface area contributed by atoms with Gasteiger partial charge in [-0.3, -0.25) is 9.36 Å². The van der Waals surface area contributed by atoms with Crippen molar-refractivity contribution in [2.24, 2.45) is 5.73 Å². The van der Waals surface area contributed by atoms with Gasteiger partial charge in [-0.25, -0.2) is 15.0 Å². The standard InChI is InChI=1S/C19H22N6O6/c20-10(19(29)30)5-8-1-3-9(4-2-8)16-24-12-15(21)22-7-23-17(12)25(16)18-14(28)13(27)11(6-26)31-18/h1-4,7,10-11,13-14,18,26-28H,5-6,20H2,(H,29,30)(H2,21,22,23)/t10-,11?,13?,14?,18?/m0/s1. The van der Waals surface area contributed by atoms with Gasteiger partial charge >= 0.3 is 5.97 Å². The Labute approximate surface area is 175 Å². The van der Waals surface area contributed by atoms with Crippen LogP contribution in [0.25, 0.3) is 22.6 Å². The number of imidazole rings is 1. The van der Waals surface area contributed by atoms with Crippen LogP contribution in [0.5, 0.6) is 0 Å². The summed E-state index contributed by atoms with van der Waals surface area (Å²) >= 11 is 0. The van der Waals surface area contributed by atoms with Gasteiger partial charge in [0.15, 0.2) is 23.2 Å². The number of aliphatic carboxylic acids is 1. The Morgan fingerprint density at radius 2 is 1.90 bits per heavy atom. The average molecular weight is 430 g/mol. The molecule has 0 radical (unpaired) electrons. The Morgan fingerprint density at radius 1 is 1.19 bits per heavy atom. The molecular formula is C19H22N6O6. The fourth-order valence-corrected chi connectivity index (χ4v) is 3.60. The molecule has 3 heterocycles. The number of hydrogen-bond donors (Lipinski definition) is 6. The maximum atomic E-state index is 11.0. The number of carboxylic acid groups (broad SMARTS) is 1. The minimum atomic E-state index is -1.35. The van der Waals surface area contributed by atoms with Crippen LogP contribution < -0.4 is 11.5 Å². The van der Waals surface area contributed by atoms with E-state index >= 15 is 0 Å². The number of hydrogen-bond acceptors (Lipinski definition) is 10. The van der Waals surface area contributed by atoms with Crippen LogP contribution in [0.3, 0.4) is 0 Å². The summed E-state index contributed by atoms with van der Waals surface area (Å²) in [6, 6.07) is 5.84. The molecule has 164 valence electrons. The summed E-state index contributed by atoms with van der Waals surface area (Å²) in [5.41, 5.74) is 13.4. The van der Waals surface area contributed by atoms with Crippen molar-refractivity contribution in [3.63, 3.8) is 0 Å². The predicted molar refractivity (Wildman–Crippen MR) is 107 cm³/mol. The van der Waals surface area contributed by atoms with Gasteiger partial charge in [-0.1, -0.05) is 24.3 Å². The minimum absolute atomic E-state index is 0.126. The van der Waals surface area contributed by atoms with Crippen molar-refractivity contribution in [3.8, 4) is 11.4 Å². The molecule has 0 saturated carbocycles. The van der Waals surface area contributed by atoms with E-state index in [1.54, 1.807) is 24.3 Å². The summed E-state index contributed by atoms with van der Waals surface area (Å²) in [5, 5.41) is 39.2. The van der Waals surface area contributed by atoms with E-state index in [1.807, 2.05) is 0 Å². The lowest BCUT2D eigenvalue weighted by Crippen LogP contribution is -2.33. The number of nitrogens with two attached hydrogens (primary N) is 2. The van der Waals surface area contributed by atoms with Crippen LogP contribution >= 0.6 is 0 Å². The first-order valence-electron chi connectivity index (χ1n) is 9.50. The molecule has 1 saturated heterocycles. The number of anilines is 1. The van der Waals surface area contributed by atoms with Gasteiger partial charge < -0.3 is 36.6 Å². The zero-order chi connectivity index (χ0) is 22.3. The van der Waals surface area contributed by atoms with E-state index in [0.29, 0.717) is 17.0 Å². The highest BCUT2D eigenvalue weighted by Crippen LogP contribution is 2.36. The highest BCUT2D eigenvalue weighted by Gasteiger charge is 2.45. The monoisotopic (exact) mass is 430 g/mol. The topological polar surface area (TPSA) is 203 Å². The quantitative estimate of drug-likeness (QED) is 0.269. The molecule has 0 bridgehead atoms. The van der Waals surface area contributed by atoms with Crippen molar-refractivity contribution in [1.29, 1.82) is 0 Å². The fourth-order valence-electron chi connectivity index (χ4n) is 3.60. The molecule has 5 atom stereocenters. The van der Waals surface area contributed by atoms with E-state index in [-0.39, 0.29) is 23.4 Å². The number of nitrogen functional groups attached to an aromatic ring is 1. The molecule has 1 aromatic carbocycles. The van der Waals surface area contributed by atoms with Gasteiger partial charge in [0, 0.05) is 5.56 Å². The maximum Gasteiger partial charge on any atom is 0.320 e. The third kappa shape index (κ3) is 3.71. The molecule has 1 fully saturated rings. The molecular weight excluding hydrogens is 408 g/mol. The third-order valence-electron chi connectivity index (χ3n) is 5.26. The number of aromatic nitrogens is 4. The zero-order valence-corrected chi connectivity index (χ0v) is 16.2. The highest BCUT2D eigenvalue weighted by molar-refractivity contribution is 5.85. The molecule has 0 aliphatic carbocycles. The summed E-state index contributed by atoms with van der Waals surface area (Å²) < 4.78 is 7.18. The molecule has 12 nitrogen and oxygen atoms in total.